The fourth-order valence-electron chi connectivity index (χ4n) is 0. The van der Waals surface area contributed by atoms with Crippen molar-refractivity contribution in [2.45, 2.75) is 13.8 Å². The molecule has 0 radical (unpaired) electrons. The molecule has 0 heterocycles. The Morgan fingerprint density at radius 1 is 1.78 bits per heavy atom. The molecule has 54 valence electrons. The second-order valence-corrected chi connectivity index (χ2v) is 1.48. The minimum Gasteiger partial charge on any atom is -0.545 e. The summed E-state index contributed by atoms with van der Waals surface area (Å²) < 4.78 is 0. The van der Waals surface area contributed by atoms with Crippen LogP contribution >= 0.6 is 0 Å². The lowest BCUT2D eigenvalue weighted by Gasteiger charge is -1.93. The van der Waals surface area contributed by atoms with Gasteiger partial charge in [0.05, 0.1) is 5.97 Å². The maximum atomic E-state index is 9.49. The molecule has 0 rings (SSSR count). The molecule has 0 amide bonds. The van der Waals surface area contributed by atoms with Gasteiger partial charge in [0.15, 0.2) is 0 Å². The van der Waals surface area contributed by atoms with E-state index in [0.717, 1.165) is 6.54 Å². The van der Waals surface area contributed by atoms with Crippen molar-refractivity contribution in [1.29, 1.82) is 0 Å². The lowest BCUT2D eigenvalue weighted by molar-refractivity contribution is -0.299. The van der Waals surface area contributed by atoms with Gasteiger partial charge in [0, 0.05) is 0 Å². The lowest BCUT2D eigenvalue weighted by Crippen LogP contribution is -2.22. The highest BCUT2D eigenvalue weighted by Crippen LogP contribution is 1.77. The van der Waals surface area contributed by atoms with Crippen LogP contribution in [-0.2, 0) is 4.79 Å². The number of carbonyl (C=O) groups is 1. The first-order valence-electron chi connectivity index (χ1n) is 2.63. The number of carbonyl (C=O) groups excluding carboxylic acids is 1. The first kappa shape index (κ1) is 11.0. The topological polar surface area (TPSA) is 66.1 Å². The molecule has 3 nitrogen and oxygen atoms in total. The summed E-state index contributed by atoms with van der Waals surface area (Å²) in [6.45, 7) is 7.13. The number of nitrogens with two attached hydrogens (primary N) is 1. The van der Waals surface area contributed by atoms with Crippen molar-refractivity contribution in [2.24, 2.45) is 5.73 Å². The first-order valence-corrected chi connectivity index (χ1v) is 2.63. The minimum atomic E-state index is -1.19. The maximum Gasteiger partial charge on any atom is 0.0666 e. The van der Waals surface area contributed by atoms with E-state index in [1.807, 2.05) is 6.92 Å². The van der Waals surface area contributed by atoms with Crippen molar-refractivity contribution in [1.82, 2.24) is 0 Å². The molecule has 0 spiro atoms. The number of carboxylic acids is 1. The standard InChI is InChI=1S/C4H6O2.C2H7N/c1-3(2)4(5)6;1-2-3/h1H2,2H3,(H,5,6);2-3H2,1H3/p-1. The van der Waals surface area contributed by atoms with E-state index < -0.39 is 5.97 Å². The van der Waals surface area contributed by atoms with Crippen LogP contribution < -0.4 is 10.8 Å². The molecule has 0 aromatic heterocycles. The van der Waals surface area contributed by atoms with E-state index in [1.54, 1.807) is 0 Å². The smallest absolute Gasteiger partial charge is 0.0666 e. The summed E-state index contributed by atoms with van der Waals surface area (Å²) in [5.41, 5.74) is 4.91. The molecule has 2 N–H and O–H groups in total. The van der Waals surface area contributed by atoms with Gasteiger partial charge in [0.2, 0.25) is 0 Å². The lowest BCUT2D eigenvalue weighted by atomic mass is 10.4. The van der Waals surface area contributed by atoms with Gasteiger partial charge in [0.1, 0.15) is 0 Å². The third-order valence-corrected chi connectivity index (χ3v) is 0.348. The molecular formula is C6H12NO2-. The van der Waals surface area contributed by atoms with E-state index in [-0.39, 0.29) is 5.57 Å². The Morgan fingerprint density at radius 3 is 1.89 bits per heavy atom. The van der Waals surface area contributed by atoms with Crippen LogP contribution in [0.25, 0.3) is 0 Å². The van der Waals surface area contributed by atoms with Gasteiger partial charge in [-0.2, -0.15) is 0 Å². The normalized spacial score (nSPS) is 7.00. The fourth-order valence-corrected chi connectivity index (χ4v) is 0. The highest BCUT2D eigenvalue weighted by atomic mass is 16.4. The summed E-state index contributed by atoms with van der Waals surface area (Å²) in [6, 6.07) is 0. The van der Waals surface area contributed by atoms with Crippen LogP contribution in [0, 0.1) is 0 Å². The number of rotatable bonds is 1. The number of carboxylic acid groups (broad SMARTS) is 1. The van der Waals surface area contributed by atoms with Crippen LogP contribution in [0.3, 0.4) is 0 Å². The van der Waals surface area contributed by atoms with Crippen molar-refractivity contribution >= 4 is 5.97 Å². The number of hydrogen-bond acceptors (Lipinski definition) is 3. The minimum absolute atomic E-state index is 0.0648. The monoisotopic (exact) mass is 130 g/mol. The van der Waals surface area contributed by atoms with E-state index in [4.69, 9.17) is 5.73 Å². The van der Waals surface area contributed by atoms with Crippen molar-refractivity contribution in [3.63, 3.8) is 0 Å². The van der Waals surface area contributed by atoms with Gasteiger partial charge < -0.3 is 15.6 Å². The highest BCUT2D eigenvalue weighted by molar-refractivity contribution is 5.82. The molecule has 0 fully saturated rings. The molecule has 0 aliphatic heterocycles. The van der Waals surface area contributed by atoms with Gasteiger partial charge in [-0.15, -0.1) is 0 Å². The summed E-state index contributed by atoms with van der Waals surface area (Å²) in [5.74, 6) is -1.19. The van der Waals surface area contributed by atoms with Gasteiger partial charge in [-0.3, -0.25) is 0 Å². The quantitative estimate of drug-likeness (QED) is 0.476. The Hall–Kier alpha value is -0.830. The predicted molar refractivity (Wildman–Crippen MR) is 34.5 cm³/mol. The zero-order chi connectivity index (χ0) is 7.86. The Bertz CT molecular complexity index is 87.2. The van der Waals surface area contributed by atoms with E-state index in [9.17, 15) is 9.90 Å². The molecule has 0 saturated heterocycles. The Balaban J connectivity index is 0. The van der Waals surface area contributed by atoms with E-state index in [1.165, 1.54) is 6.92 Å². The average Bonchev–Trinajstić information content (AvgIpc) is 1.68. The third kappa shape index (κ3) is 19.1. The second-order valence-electron chi connectivity index (χ2n) is 1.48. The molecular weight excluding hydrogens is 118 g/mol. The zero-order valence-electron chi connectivity index (χ0n) is 5.81. The zero-order valence-corrected chi connectivity index (χ0v) is 5.81. The molecule has 0 aromatic carbocycles. The fraction of sp³-hybridized carbons (Fsp3) is 0.500. The van der Waals surface area contributed by atoms with E-state index in [2.05, 4.69) is 6.58 Å². The first-order chi connectivity index (χ1) is 4.06. The van der Waals surface area contributed by atoms with Crippen LogP contribution in [0.4, 0.5) is 0 Å². The molecule has 0 saturated carbocycles. The van der Waals surface area contributed by atoms with Gasteiger partial charge in [-0.05, 0) is 19.0 Å². The Kier molecular flexibility index (Phi) is 8.79. The molecule has 0 unspecified atom stereocenters. The Morgan fingerprint density at radius 2 is 1.89 bits per heavy atom. The molecule has 0 aliphatic carbocycles. The van der Waals surface area contributed by atoms with Gasteiger partial charge in [-0.1, -0.05) is 13.5 Å². The maximum absolute atomic E-state index is 9.49. The van der Waals surface area contributed by atoms with Crippen LogP contribution in [0.2, 0.25) is 0 Å². The van der Waals surface area contributed by atoms with Crippen molar-refractivity contribution in [3.8, 4) is 0 Å². The third-order valence-electron chi connectivity index (χ3n) is 0.348. The van der Waals surface area contributed by atoms with Crippen LogP contribution in [0.15, 0.2) is 12.2 Å². The van der Waals surface area contributed by atoms with Crippen molar-refractivity contribution in [2.75, 3.05) is 6.54 Å². The predicted octanol–water partition coefficient (Wildman–Crippen LogP) is -0.723. The van der Waals surface area contributed by atoms with E-state index in [0.29, 0.717) is 0 Å². The van der Waals surface area contributed by atoms with Crippen molar-refractivity contribution < 1.29 is 9.90 Å². The van der Waals surface area contributed by atoms with E-state index >= 15 is 0 Å². The van der Waals surface area contributed by atoms with Gasteiger partial charge >= 0.3 is 0 Å². The molecule has 3 heteroatoms. The van der Waals surface area contributed by atoms with Crippen LogP contribution in [-0.4, -0.2) is 12.5 Å². The summed E-state index contributed by atoms with van der Waals surface area (Å²) in [6.07, 6.45) is 0. The molecule has 9 heavy (non-hydrogen) atoms. The second kappa shape index (κ2) is 7.17. The SMILES string of the molecule is C=C(C)C(=O)[O-].CCN. The van der Waals surface area contributed by atoms with Crippen LogP contribution in [0.5, 0.6) is 0 Å². The van der Waals surface area contributed by atoms with Gasteiger partial charge in [-0.25, -0.2) is 0 Å². The van der Waals surface area contributed by atoms with Gasteiger partial charge in [0.25, 0.3) is 0 Å². The molecule has 0 atom stereocenters. The summed E-state index contributed by atoms with van der Waals surface area (Å²) in [5, 5.41) is 9.49. The highest BCUT2D eigenvalue weighted by Gasteiger charge is 1.76. The summed E-state index contributed by atoms with van der Waals surface area (Å²) >= 11 is 0. The number of aliphatic carboxylic acids is 1. The summed E-state index contributed by atoms with van der Waals surface area (Å²) in [4.78, 5) is 9.49. The molecule has 0 aliphatic rings. The molecule has 0 bridgehead atoms. The Labute approximate surface area is 55.2 Å². The number of hydrogen-bond donors (Lipinski definition) is 1. The van der Waals surface area contributed by atoms with Crippen LogP contribution in [0.1, 0.15) is 13.8 Å². The molecule has 0 aromatic rings. The largest absolute Gasteiger partial charge is 0.545 e. The van der Waals surface area contributed by atoms with Crippen molar-refractivity contribution in [3.05, 3.63) is 12.2 Å². The average molecular weight is 130 g/mol. The summed E-state index contributed by atoms with van der Waals surface area (Å²) in [7, 11) is 0.